The Kier molecular flexibility index (Phi) is 5.14. The molecule has 5 nitrogen and oxygen atoms in total. The summed E-state index contributed by atoms with van der Waals surface area (Å²) >= 11 is 0. The fourth-order valence-corrected chi connectivity index (χ4v) is 2.96. The van der Waals surface area contributed by atoms with E-state index in [1.54, 1.807) is 11.0 Å². The second-order valence-corrected chi connectivity index (χ2v) is 6.01. The Balaban J connectivity index is 1.75. The molecule has 0 fully saturated rings. The molecule has 1 atom stereocenters. The number of hydrogen-bond acceptors (Lipinski definition) is 3. The summed E-state index contributed by atoms with van der Waals surface area (Å²) < 4.78 is 5.47. The summed E-state index contributed by atoms with van der Waals surface area (Å²) in [5.41, 5.74) is 8.01. The molecule has 2 aromatic carbocycles. The van der Waals surface area contributed by atoms with Crippen LogP contribution in [0.3, 0.4) is 0 Å². The molecule has 25 heavy (non-hydrogen) atoms. The Labute approximate surface area is 146 Å². The maximum atomic E-state index is 12.6. The Morgan fingerprint density at radius 1 is 1.12 bits per heavy atom. The first-order chi connectivity index (χ1) is 12.1. The van der Waals surface area contributed by atoms with Crippen LogP contribution in [0, 0.1) is 5.92 Å². The predicted molar refractivity (Wildman–Crippen MR) is 95.9 cm³/mol. The van der Waals surface area contributed by atoms with Gasteiger partial charge < -0.3 is 10.5 Å². The molecule has 0 unspecified atom stereocenters. The number of benzene rings is 2. The highest BCUT2D eigenvalue weighted by molar-refractivity contribution is 5.89. The molecule has 5 heteroatoms. The molecule has 0 spiro atoms. The number of carbonyl (C=O) groups is 2. The molecule has 0 radical (unpaired) electrons. The molecule has 0 aromatic heterocycles. The number of nitrogens with two attached hydrogens (primary N) is 1. The lowest BCUT2D eigenvalue weighted by Gasteiger charge is -2.32. The first-order valence-corrected chi connectivity index (χ1v) is 8.17. The smallest absolute Gasteiger partial charge is 0.414 e. The van der Waals surface area contributed by atoms with Crippen molar-refractivity contribution >= 4 is 17.7 Å². The molecule has 1 heterocycles. The van der Waals surface area contributed by atoms with Gasteiger partial charge >= 0.3 is 6.09 Å². The van der Waals surface area contributed by atoms with Gasteiger partial charge in [0.25, 0.3) is 0 Å². The maximum absolute atomic E-state index is 12.6. The molecule has 2 N–H and O–H groups in total. The molecule has 2 aromatic rings. The van der Waals surface area contributed by atoms with Crippen LogP contribution in [0.5, 0.6) is 0 Å². The number of primary amides is 1. The van der Waals surface area contributed by atoms with Crippen molar-refractivity contribution in [2.45, 2.75) is 13.0 Å². The summed E-state index contributed by atoms with van der Waals surface area (Å²) in [6.07, 6.45) is 3.47. The first-order valence-electron chi connectivity index (χ1n) is 8.17. The molecular weight excluding hydrogens is 316 g/mol. The minimum Gasteiger partial charge on any atom is -0.444 e. The Bertz CT molecular complexity index is 787. The Morgan fingerprint density at radius 3 is 2.60 bits per heavy atom. The van der Waals surface area contributed by atoms with Crippen LogP contribution in [0.4, 0.5) is 10.5 Å². The van der Waals surface area contributed by atoms with Crippen LogP contribution < -0.4 is 10.6 Å². The lowest BCUT2D eigenvalue weighted by Crippen LogP contribution is -2.39. The molecule has 0 saturated heterocycles. The second kappa shape index (κ2) is 7.66. The highest BCUT2D eigenvalue weighted by Crippen LogP contribution is 2.30. The van der Waals surface area contributed by atoms with Crippen molar-refractivity contribution in [2.75, 3.05) is 11.4 Å². The number of ether oxygens (including phenoxy) is 1. The van der Waals surface area contributed by atoms with Gasteiger partial charge in [-0.15, -0.1) is 0 Å². The zero-order chi connectivity index (χ0) is 17.6. The van der Waals surface area contributed by atoms with E-state index in [1.807, 2.05) is 54.6 Å². The number of rotatable bonds is 4. The Morgan fingerprint density at radius 2 is 1.84 bits per heavy atom. The van der Waals surface area contributed by atoms with Crippen LogP contribution >= 0.6 is 0 Å². The van der Waals surface area contributed by atoms with E-state index in [2.05, 4.69) is 0 Å². The second-order valence-electron chi connectivity index (χ2n) is 6.01. The van der Waals surface area contributed by atoms with Crippen molar-refractivity contribution < 1.29 is 14.3 Å². The summed E-state index contributed by atoms with van der Waals surface area (Å²) in [5.74, 6) is -0.469. The molecule has 2 amide bonds. The molecular formula is C20H20N2O3. The number of anilines is 1. The summed E-state index contributed by atoms with van der Waals surface area (Å²) in [7, 11) is 0. The van der Waals surface area contributed by atoms with E-state index < -0.39 is 12.0 Å². The van der Waals surface area contributed by atoms with Gasteiger partial charge in [0.1, 0.15) is 6.61 Å². The highest BCUT2D eigenvalue weighted by atomic mass is 16.6. The minimum absolute atomic E-state index is 0.0201. The van der Waals surface area contributed by atoms with Crippen LogP contribution in [0.15, 0.2) is 66.7 Å². The van der Waals surface area contributed by atoms with Crippen LogP contribution in [-0.4, -0.2) is 18.5 Å². The Hall–Kier alpha value is -3.08. The van der Waals surface area contributed by atoms with Gasteiger partial charge in [-0.25, -0.2) is 4.79 Å². The SMILES string of the molecule is NC(=O)C=C[C@H]1Cc2ccccc2N(C(=O)OCc2ccccc2)C1. The zero-order valence-corrected chi connectivity index (χ0v) is 13.8. The maximum Gasteiger partial charge on any atom is 0.414 e. The van der Waals surface area contributed by atoms with Crippen LogP contribution in [-0.2, 0) is 22.6 Å². The van der Waals surface area contributed by atoms with E-state index in [1.165, 1.54) is 6.08 Å². The average molecular weight is 336 g/mol. The van der Waals surface area contributed by atoms with E-state index in [4.69, 9.17) is 10.5 Å². The fourth-order valence-electron chi connectivity index (χ4n) is 2.96. The van der Waals surface area contributed by atoms with Crippen LogP contribution in [0.2, 0.25) is 0 Å². The molecule has 0 aliphatic carbocycles. The van der Waals surface area contributed by atoms with E-state index in [0.717, 1.165) is 23.2 Å². The molecule has 128 valence electrons. The normalized spacial score (nSPS) is 16.5. The largest absolute Gasteiger partial charge is 0.444 e. The quantitative estimate of drug-likeness (QED) is 0.872. The molecule has 3 rings (SSSR count). The lowest BCUT2D eigenvalue weighted by molar-refractivity contribution is -0.113. The lowest BCUT2D eigenvalue weighted by atomic mass is 9.92. The van der Waals surface area contributed by atoms with E-state index >= 15 is 0 Å². The van der Waals surface area contributed by atoms with Crippen molar-refractivity contribution in [1.82, 2.24) is 0 Å². The number of para-hydroxylation sites is 1. The molecule has 1 aliphatic rings. The van der Waals surface area contributed by atoms with Crippen molar-refractivity contribution in [2.24, 2.45) is 11.7 Å². The van der Waals surface area contributed by atoms with Gasteiger partial charge in [0.05, 0.1) is 5.69 Å². The predicted octanol–water partition coefficient (Wildman–Crippen LogP) is 3.04. The van der Waals surface area contributed by atoms with Gasteiger partial charge in [-0.2, -0.15) is 0 Å². The van der Waals surface area contributed by atoms with Crippen molar-refractivity contribution in [3.63, 3.8) is 0 Å². The van der Waals surface area contributed by atoms with Gasteiger partial charge in [-0.05, 0) is 35.6 Å². The number of fused-ring (bicyclic) bond motifs is 1. The van der Waals surface area contributed by atoms with Crippen LogP contribution in [0.1, 0.15) is 11.1 Å². The topological polar surface area (TPSA) is 72.6 Å². The van der Waals surface area contributed by atoms with E-state index in [9.17, 15) is 9.59 Å². The molecule has 0 bridgehead atoms. The first kappa shape index (κ1) is 16.8. The highest BCUT2D eigenvalue weighted by Gasteiger charge is 2.28. The number of hydrogen-bond donors (Lipinski definition) is 1. The van der Waals surface area contributed by atoms with E-state index in [-0.39, 0.29) is 12.5 Å². The van der Waals surface area contributed by atoms with E-state index in [0.29, 0.717) is 6.54 Å². The summed E-state index contributed by atoms with van der Waals surface area (Å²) in [5, 5.41) is 0. The third-order valence-corrected chi connectivity index (χ3v) is 4.14. The van der Waals surface area contributed by atoms with Gasteiger partial charge in [0, 0.05) is 6.54 Å². The van der Waals surface area contributed by atoms with Crippen molar-refractivity contribution in [3.05, 3.63) is 77.9 Å². The van der Waals surface area contributed by atoms with Gasteiger partial charge in [0.2, 0.25) is 5.91 Å². The number of nitrogens with zero attached hydrogens (tertiary/aromatic N) is 1. The fraction of sp³-hybridized carbons (Fsp3) is 0.200. The number of carbonyl (C=O) groups excluding carboxylic acids is 2. The summed E-state index contributed by atoms with van der Waals surface area (Å²) in [4.78, 5) is 25.2. The van der Waals surface area contributed by atoms with Gasteiger partial charge in [-0.1, -0.05) is 54.6 Å². The molecule has 0 saturated carbocycles. The standard InChI is InChI=1S/C20H20N2O3/c21-19(23)11-10-16-12-17-8-4-5-9-18(17)22(13-16)20(24)25-14-15-6-2-1-3-7-15/h1-11,16H,12-14H2,(H2,21,23)/t16-/m0/s1. The van der Waals surface area contributed by atoms with Crippen molar-refractivity contribution in [3.8, 4) is 0 Å². The number of amides is 2. The molecule has 1 aliphatic heterocycles. The average Bonchev–Trinajstić information content (AvgIpc) is 2.64. The monoisotopic (exact) mass is 336 g/mol. The summed E-state index contributed by atoms with van der Waals surface area (Å²) in [6, 6.07) is 17.3. The van der Waals surface area contributed by atoms with Gasteiger partial charge in [0.15, 0.2) is 0 Å². The van der Waals surface area contributed by atoms with Crippen molar-refractivity contribution in [1.29, 1.82) is 0 Å². The summed E-state index contributed by atoms with van der Waals surface area (Å²) in [6.45, 7) is 0.675. The zero-order valence-electron chi connectivity index (χ0n) is 13.8. The minimum atomic E-state index is -0.489. The van der Waals surface area contributed by atoms with Gasteiger partial charge in [-0.3, -0.25) is 9.69 Å². The van der Waals surface area contributed by atoms with Crippen LogP contribution in [0.25, 0.3) is 0 Å². The third-order valence-electron chi connectivity index (χ3n) is 4.14. The third kappa shape index (κ3) is 4.26.